The fraction of sp³-hybridized carbons (Fsp3) is 0.750. The zero-order valence-corrected chi connectivity index (χ0v) is 11.9. The molecule has 0 radical (unpaired) electrons. The number of amides is 1. The second-order valence-electron chi connectivity index (χ2n) is 5.39. The Balaban J connectivity index is 4.69. The maximum atomic E-state index is 11.5. The molecule has 0 rings (SSSR count). The van der Waals surface area contributed by atoms with Crippen molar-refractivity contribution in [3.8, 4) is 0 Å². The van der Waals surface area contributed by atoms with Crippen LogP contribution in [0.1, 0.15) is 33.6 Å². The number of nitrogens with one attached hydrogen (secondary N) is 1. The molecule has 116 valence electrons. The Bertz CT molecular complexity index is 363. The van der Waals surface area contributed by atoms with Gasteiger partial charge in [-0.05, 0) is 40.2 Å². The van der Waals surface area contributed by atoms with Crippen molar-refractivity contribution >= 4 is 18.0 Å². The van der Waals surface area contributed by atoms with Crippen molar-refractivity contribution in [3.63, 3.8) is 0 Å². The molecule has 1 amide bonds. The van der Waals surface area contributed by atoms with Crippen molar-refractivity contribution in [1.29, 1.82) is 0 Å². The average Bonchev–Trinajstić information content (AvgIpc) is 2.24. The predicted molar refractivity (Wildman–Crippen MR) is 70.2 cm³/mol. The van der Waals surface area contributed by atoms with Crippen molar-refractivity contribution in [1.82, 2.24) is 5.32 Å². The maximum absolute atomic E-state index is 11.5. The van der Waals surface area contributed by atoms with Gasteiger partial charge in [0.25, 0.3) is 0 Å². The van der Waals surface area contributed by atoms with Gasteiger partial charge in [0.2, 0.25) is 0 Å². The number of carbonyl (C=O) groups is 3. The Hall–Kier alpha value is -1.83. The van der Waals surface area contributed by atoms with Gasteiger partial charge < -0.3 is 26.0 Å². The van der Waals surface area contributed by atoms with Gasteiger partial charge in [0, 0.05) is 0 Å². The Labute approximate surface area is 117 Å². The molecule has 20 heavy (non-hydrogen) atoms. The first kappa shape index (κ1) is 18.2. The summed E-state index contributed by atoms with van der Waals surface area (Å²) in [6.07, 6.45) is -1.02. The largest absolute Gasteiger partial charge is 0.481 e. The average molecular weight is 290 g/mol. The molecular weight excluding hydrogens is 268 g/mol. The highest BCUT2D eigenvalue weighted by atomic mass is 16.6. The Kier molecular flexibility index (Phi) is 6.98. The van der Waals surface area contributed by atoms with E-state index in [0.29, 0.717) is 0 Å². The van der Waals surface area contributed by atoms with Crippen LogP contribution in [0, 0.1) is 5.92 Å². The van der Waals surface area contributed by atoms with Crippen LogP contribution < -0.4 is 11.1 Å². The molecule has 0 aromatic carbocycles. The third kappa shape index (κ3) is 7.57. The monoisotopic (exact) mass is 290 g/mol. The highest BCUT2D eigenvalue weighted by molar-refractivity contribution is 5.81. The van der Waals surface area contributed by atoms with Gasteiger partial charge in [-0.3, -0.25) is 4.79 Å². The van der Waals surface area contributed by atoms with E-state index in [-0.39, 0.29) is 19.4 Å². The minimum atomic E-state index is -1.34. The molecule has 2 unspecified atom stereocenters. The first-order valence-electron chi connectivity index (χ1n) is 6.22. The van der Waals surface area contributed by atoms with Gasteiger partial charge in [-0.1, -0.05) is 0 Å². The molecule has 0 fully saturated rings. The number of nitrogens with two attached hydrogens (primary N) is 1. The lowest BCUT2D eigenvalue weighted by molar-refractivity contribution is -0.144. The standard InChI is InChI=1S/C12H22N2O6/c1-12(2,3)20-11(19)14-8(10(17)18)6-7(4-5-13)9(15)16/h7-8H,4-6,13H2,1-3H3,(H,14,19)(H,15,16)(H,17,18). The number of hydrogen-bond donors (Lipinski definition) is 4. The van der Waals surface area contributed by atoms with E-state index in [1.54, 1.807) is 20.8 Å². The molecule has 0 heterocycles. The van der Waals surface area contributed by atoms with Gasteiger partial charge in [0.05, 0.1) is 5.92 Å². The lowest BCUT2D eigenvalue weighted by Gasteiger charge is -2.23. The van der Waals surface area contributed by atoms with Crippen molar-refractivity contribution in [2.45, 2.75) is 45.3 Å². The van der Waals surface area contributed by atoms with Crippen LogP contribution in [0.15, 0.2) is 0 Å². The number of carbonyl (C=O) groups excluding carboxylic acids is 1. The first-order chi connectivity index (χ1) is 9.06. The summed E-state index contributed by atoms with van der Waals surface area (Å²) in [4.78, 5) is 33.6. The smallest absolute Gasteiger partial charge is 0.408 e. The van der Waals surface area contributed by atoms with E-state index in [1.165, 1.54) is 0 Å². The van der Waals surface area contributed by atoms with E-state index in [2.05, 4.69) is 5.32 Å². The Morgan fingerprint density at radius 2 is 1.75 bits per heavy atom. The number of alkyl carbamates (subject to hydrolysis) is 1. The maximum Gasteiger partial charge on any atom is 0.408 e. The number of carboxylic acids is 2. The van der Waals surface area contributed by atoms with Gasteiger partial charge in [-0.2, -0.15) is 0 Å². The molecule has 0 bridgehead atoms. The lowest BCUT2D eigenvalue weighted by Crippen LogP contribution is -2.45. The van der Waals surface area contributed by atoms with Gasteiger partial charge in [-0.15, -0.1) is 0 Å². The highest BCUT2D eigenvalue weighted by Gasteiger charge is 2.29. The van der Waals surface area contributed by atoms with Crippen molar-refractivity contribution < 1.29 is 29.3 Å². The van der Waals surface area contributed by atoms with Crippen molar-refractivity contribution in [2.24, 2.45) is 11.7 Å². The first-order valence-corrected chi connectivity index (χ1v) is 6.22. The summed E-state index contributed by atoms with van der Waals surface area (Å²) >= 11 is 0. The molecule has 8 nitrogen and oxygen atoms in total. The summed E-state index contributed by atoms with van der Waals surface area (Å²) in [6, 6.07) is -1.34. The quantitative estimate of drug-likeness (QED) is 0.532. The van der Waals surface area contributed by atoms with Crippen LogP contribution in [0.25, 0.3) is 0 Å². The minimum absolute atomic E-state index is 0.121. The molecular formula is C12H22N2O6. The minimum Gasteiger partial charge on any atom is -0.481 e. The molecule has 0 spiro atoms. The van der Waals surface area contributed by atoms with Gasteiger partial charge in [0.15, 0.2) is 0 Å². The number of carboxylic acid groups (broad SMARTS) is 2. The van der Waals surface area contributed by atoms with Crippen LogP contribution in [-0.2, 0) is 14.3 Å². The topological polar surface area (TPSA) is 139 Å². The van der Waals surface area contributed by atoms with E-state index in [4.69, 9.17) is 20.7 Å². The number of hydrogen-bond acceptors (Lipinski definition) is 5. The fourth-order valence-corrected chi connectivity index (χ4v) is 1.50. The van der Waals surface area contributed by atoms with Crippen LogP contribution in [0.3, 0.4) is 0 Å². The fourth-order valence-electron chi connectivity index (χ4n) is 1.50. The van der Waals surface area contributed by atoms with E-state index >= 15 is 0 Å². The predicted octanol–water partition coefficient (Wildman–Crippen LogP) is 0.404. The van der Waals surface area contributed by atoms with Crippen LogP contribution >= 0.6 is 0 Å². The highest BCUT2D eigenvalue weighted by Crippen LogP contribution is 2.13. The zero-order valence-electron chi connectivity index (χ0n) is 11.9. The van der Waals surface area contributed by atoms with Crippen LogP contribution in [0.4, 0.5) is 4.79 Å². The second kappa shape index (κ2) is 7.68. The van der Waals surface area contributed by atoms with Crippen LogP contribution in [0.2, 0.25) is 0 Å². The number of rotatable bonds is 7. The molecule has 0 aliphatic heterocycles. The van der Waals surface area contributed by atoms with Crippen LogP contribution in [0.5, 0.6) is 0 Å². The molecule has 0 aromatic heterocycles. The normalized spacial score (nSPS) is 14.2. The third-order valence-electron chi connectivity index (χ3n) is 2.37. The molecule has 0 saturated carbocycles. The second-order valence-corrected chi connectivity index (χ2v) is 5.39. The Morgan fingerprint density at radius 3 is 2.10 bits per heavy atom. The molecule has 0 saturated heterocycles. The molecule has 2 atom stereocenters. The molecule has 0 aromatic rings. The van der Waals surface area contributed by atoms with Crippen molar-refractivity contribution in [3.05, 3.63) is 0 Å². The molecule has 5 N–H and O–H groups in total. The molecule has 8 heteroatoms. The lowest BCUT2D eigenvalue weighted by atomic mass is 9.96. The summed E-state index contributed by atoms with van der Waals surface area (Å²) < 4.78 is 4.93. The van der Waals surface area contributed by atoms with Gasteiger partial charge >= 0.3 is 18.0 Å². The number of aliphatic carboxylic acids is 2. The van der Waals surface area contributed by atoms with Gasteiger partial charge in [-0.25, -0.2) is 9.59 Å². The molecule has 0 aliphatic rings. The van der Waals surface area contributed by atoms with Crippen LogP contribution in [-0.4, -0.2) is 46.4 Å². The van der Waals surface area contributed by atoms with Crippen molar-refractivity contribution in [2.75, 3.05) is 6.54 Å². The van der Waals surface area contributed by atoms with E-state index in [0.717, 1.165) is 0 Å². The summed E-state index contributed by atoms with van der Waals surface area (Å²) in [5, 5.41) is 20.1. The summed E-state index contributed by atoms with van der Waals surface area (Å²) in [5.74, 6) is -3.40. The zero-order chi connectivity index (χ0) is 15.9. The number of ether oxygens (including phenoxy) is 1. The van der Waals surface area contributed by atoms with E-state index < -0.39 is 35.6 Å². The third-order valence-corrected chi connectivity index (χ3v) is 2.37. The summed E-state index contributed by atoms with van der Waals surface area (Å²) in [5.41, 5.74) is 4.51. The van der Waals surface area contributed by atoms with Gasteiger partial charge in [0.1, 0.15) is 11.6 Å². The summed E-state index contributed by atoms with van der Waals surface area (Å²) in [7, 11) is 0. The Morgan fingerprint density at radius 1 is 1.20 bits per heavy atom. The summed E-state index contributed by atoms with van der Waals surface area (Å²) in [6.45, 7) is 5.03. The molecule has 0 aliphatic carbocycles. The van der Waals surface area contributed by atoms with E-state index in [9.17, 15) is 14.4 Å². The SMILES string of the molecule is CC(C)(C)OC(=O)NC(CC(CCN)C(=O)O)C(=O)O. The van der Waals surface area contributed by atoms with E-state index in [1.807, 2.05) is 0 Å².